The number of rotatable bonds is 4. The van der Waals surface area contributed by atoms with Gasteiger partial charge in [0.1, 0.15) is 0 Å². The predicted octanol–water partition coefficient (Wildman–Crippen LogP) is 1.13. The minimum absolute atomic E-state index is 0.138. The third-order valence-corrected chi connectivity index (χ3v) is 4.51. The highest BCUT2D eigenvalue weighted by molar-refractivity contribution is 5.82. The van der Waals surface area contributed by atoms with E-state index in [9.17, 15) is 4.79 Å². The molecule has 1 saturated heterocycles. The van der Waals surface area contributed by atoms with Gasteiger partial charge in [0.2, 0.25) is 5.91 Å². The molecule has 0 radical (unpaired) electrons. The van der Waals surface area contributed by atoms with E-state index in [2.05, 4.69) is 27.8 Å². The van der Waals surface area contributed by atoms with Gasteiger partial charge in [-0.05, 0) is 44.5 Å². The molecule has 112 valence electrons. The third kappa shape index (κ3) is 2.63. The molecule has 3 rings (SSSR count). The van der Waals surface area contributed by atoms with E-state index in [1.165, 1.54) is 0 Å². The highest BCUT2D eigenvalue weighted by atomic mass is 16.2. The average molecular weight is 287 g/mol. The predicted molar refractivity (Wildman–Crippen MR) is 79.7 cm³/mol. The van der Waals surface area contributed by atoms with Crippen LogP contribution >= 0.6 is 0 Å². The first-order valence-corrected chi connectivity index (χ1v) is 7.53. The van der Waals surface area contributed by atoms with Crippen LogP contribution in [0.2, 0.25) is 0 Å². The maximum atomic E-state index is 12.6. The number of carbonyl (C=O) groups is 1. The standard InChI is InChI=1S/C15H21N5O/c1-2-15(6-8-16-9-7-15)14(21)17-11-13-19-18-12-5-3-4-10-20(12)13/h3-5,10,16H,2,6-9,11H2,1H3,(H,17,21). The molecule has 21 heavy (non-hydrogen) atoms. The number of nitrogens with one attached hydrogen (secondary N) is 2. The van der Waals surface area contributed by atoms with Crippen LogP contribution in [0.15, 0.2) is 24.4 Å². The van der Waals surface area contributed by atoms with Crippen molar-refractivity contribution in [1.82, 2.24) is 25.2 Å². The van der Waals surface area contributed by atoms with Crippen LogP contribution in [0.3, 0.4) is 0 Å². The zero-order valence-corrected chi connectivity index (χ0v) is 12.3. The summed E-state index contributed by atoms with van der Waals surface area (Å²) in [6, 6.07) is 5.76. The summed E-state index contributed by atoms with van der Waals surface area (Å²) in [4.78, 5) is 12.6. The van der Waals surface area contributed by atoms with Gasteiger partial charge in [-0.1, -0.05) is 13.0 Å². The molecule has 1 amide bonds. The van der Waals surface area contributed by atoms with Gasteiger partial charge in [0.05, 0.1) is 12.0 Å². The van der Waals surface area contributed by atoms with Gasteiger partial charge in [-0.3, -0.25) is 9.20 Å². The lowest BCUT2D eigenvalue weighted by atomic mass is 9.76. The normalized spacial score (nSPS) is 17.8. The molecule has 1 aliphatic heterocycles. The minimum atomic E-state index is -0.230. The van der Waals surface area contributed by atoms with Crippen LogP contribution in [0, 0.1) is 5.41 Å². The van der Waals surface area contributed by atoms with E-state index in [1.54, 1.807) is 0 Å². The molecule has 0 saturated carbocycles. The van der Waals surface area contributed by atoms with Crippen molar-refractivity contribution in [2.24, 2.45) is 5.41 Å². The van der Waals surface area contributed by atoms with Crippen molar-refractivity contribution in [3.05, 3.63) is 30.2 Å². The Labute approximate surface area is 123 Å². The average Bonchev–Trinajstić information content (AvgIpc) is 2.96. The third-order valence-electron chi connectivity index (χ3n) is 4.51. The molecule has 0 atom stereocenters. The number of nitrogens with zero attached hydrogens (tertiary/aromatic N) is 3. The number of hydrogen-bond acceptors (Lipinski definition) is 4. The number of hydrogen-bond donors (Lipinski definition) is 2. The monoisotopic (exact) mass is 287 g/mol. The molecular formula is C15H21N5O. The Hall–Kier alpha value is -1.95. The zero-order chi connectivity index (χ0) is 14.7. The number of piperidine rings is 1. The van der Waals surface area contributed by atoms with E-state index in [4.69, 9.17) is 0 Å². The van der Waals surface area contributed by atoms with Gasteiger partial charge in [0.15, 0.2) is 11.5 Å². The van der Waals surface area contributed by atoms with Gasteiger partial charge in [0.25, 0.3) is 0 Å². The molecule has 0 aliphatic carbocycles. The van der Waals surface area contributed by atoms with Gasteiger partial charge < -0.3 is 10.6 Å². The van der Waals surface area contributed by atoms with Crippen LogP contribution < -0.4 is 10.6 Å². The van der Waals surface area contributed by atoms with E-state index in [0.29, 0.717) is 6.54 Å². The summed E-state index contributed by atoms with van der Waals surface area (Å²) in [5, 5.41) is 14.6. The second kappa shape index (κ2) is 5.81. The summed E-state index contributed by atoms with van der Waals surface area (Å²) in [7, 11) is 0. The Balaban J connectivity index is 1.70. The molecule has 0 bridgehead atoms. The van der Waals surface area contributed by atoms with Crippen LogP contribution in [-0.2, 0) is 11.3 Å². The molecule has 1 aliphatic rings. The van der Waals surface area contributed by atoms with Crippen molar-refractivity contribution in [1.29, 1.82) is 0 Å². The van der Waals surface area contributed by atoms with E-state index in [0.717, 1.165) is 43.8 Å². The van der Waals surface area contributed by atoms with Gasteiger partial charge in [-0.15, -0.1) is 10.2 Å². The van der Waals surface area contributed by atoms with Crippen LogP contribution in [0.25, 0.3) is 5.65 Å². The van der Waals surface area contributed by atoms with E-state index < -0.39 is 0 Å². The first kappa shape index (κ1) is 14.0. The van der Waals surface area contributed by atoms with Crippen molar-refractivity contribution < 1.29 is 4.79 Å². The van der Waals surface area contributed by atoms with Crippen LogP contribution in [0.4, 0.5) is 0 Å². The summed E-state index contributed by atoms with van der Waals surface area (Å²) < 4.78 is 1.90. The van der Waals surface area contributed by atoms with E-state index >= 15 is 0 Å². The molecule has 6 nitrogen and oxygen atoms in total. The van der Waals surface area contributed by atoms with Crippen molar-refractivity contribution in [2.45, 2.75) is 32.7 Å². The number of aromatic nitrogens is 3. The van der Waals surface area contributed by atoms with Crippen molar-refractivity contribution in [3.63, 3.8) is 0 Å². The Bertz CT molecular complexity index is 630. The number of pyridine rings is 1. The van der Waals surface area contributed by atoms with Crippen molar-refractivity contribution >= 4 is 11.6 Å². The van der Waals surface area contributed by atoms with Crippen LogP contribution in [0.5, 0.6) is 0 Å². The molecule has 2 aromatic rings. The van der Waals surface area contributed by atoms with Crippen LogP contribution in [0.1, 0.15) is 32.0 Å². The zero-order valence-electron chi connectivity index (χ0n) is 12.3. The number of fused-ring (bicyclic) bond motifs is 1. The van der Waals surface area contributed by atoms with E-state index in [1.807, 2.05) is 28.8 Å². The Morgan fingerprint density at radius 3 is 2.95 bits per heavy atom. The second-order valence-electron chi connectivity index (χ2n) is 5.61. The molecule has 0 aromatic carbocycles. The Kier molecular flexibility index (Phi) is 3.88. The summed E-state index contributed by atoms with van der Waals surface area (Å²) in [5.74, 6) is 0.901. The second-order valence-corrected chi connectivity index (χ2v) is 5.61. The minimum Gasteiger partial charge on any atom is -0.348 e. The maximum Gasteiger partial charge on any atom is 0.226 e. The number of carbonyl (C=O) groups excluding carboxylic acids is 1. The smallest absolute Gasteiger partial charge is 0.226 e. The van der Waals surface area contributed by atoms with Crippen LogP contribution in [-0.4, -0.2) is 33.6 Å². The fraction of sp³-hybridized carbons (Fsp3) is 0.533. The lowest BCUT2D eigenvalue weighted by molar-refractivity contribution is -0.133. The van der Waals surface area contributed by atoms with Gasteiger partial charge in [0, 0.05) is 6.20 Å². The first-order chi connectivity index (χ1) is 10.2. The largest absolute Gasteiger partial charge is 0.348 e. The van der Waals surface area contributed by atoms with Gasteiger partial charge in [-0.25, -0.2) is 0 Å². The fourth-order valence-electron chi connectivity index (χ4n) is 3.00. The molecule has 1 fully saturated rings. The quantitative estimate of drug-likeness (QED) is 0.884. The molecule has 2 N–H and O–H groups in total. The molecule has 0 spiro atoms. The van der Waals surface area contributed by atoms with E-state index in [-0.39, 0.29) is 11.3 Å². The molecular weight excluding hydrogens is 266 g/mol. The fourth-order valence-corrected chi connectivity index (χ4v) is 3.00. The molecule has 2 aromatic heterocycles. The molecule has 6 heteroatoms. The Morgan fingerprint density at radius 2 is 2.19 bits per heavy atom. The first-order valence-electron chi connectivity index (χ1n) is 7.53. The van der Waals surface area contributed by atoms with Crippen molar-refractivity contribution in [3.8, 4) is 0 Å². The maximum absolute atomic E-state index is 12.6. The van der Waals surface area contributed by atoms with Gasteiger partial charge in [-0.2, -0.15) is 0 Å². The topological polar surface area (TPSA) is 71.3 Å². The number of amides is 1. The SMILES string of the molecule is CCC1(C(=O)NCc2nnc3ccccn23)CCNCC1. The van der Waals surface area contributed by atoms with Crippen molar-refractivity contribution in [2.75, 3.05) is 13.1 Å². The lowest BCUT2D eigenvalue weighted by Crippen LogP contribution is -2.47. The Morgan fingerprint density at radius 1 is 1.38 bits per heavy atom. The highest BCUT2D eigenvalue weighted by Crippen LogP contribution is 2.32. The summed E-state index contributed by atoms with van der Waals surface area (Å²) >= 11 is 0. The molecule has 3 heterocycles. The lowest BCUT2D eigenvalue weighted by Gasteiger charge is -2.35. The highest BCUT2D eigenvalue weighted by Gasteiger charge is 2.37. The summed E-state index contributed by atoms with van der Waals surface area (Å²) in [6.07, 6.45) is 4.59. The van der Waals surface area contributed by atoms with Gasteiger partial charge >= 0.3 is 0 Å². The molecule has 0 unspecified atom stereocenters. The summed E-state index contributed by atoms with van der Waals surface area (Å²) in [5.41, 5.74) is 0.569. The summed E-state index contributed by atoms with van der Waals surface area (Å²) in [6.45, 7) is 4.33.